The molecule has 1 fully saturated rings. The topological polar surface area (TPSA) is 9.23 Å². The van der Waals surface area contributed by atoms with Gasteiger partial charge in [-0.1, -0.05) is 50.8 Å². The van der Waals surface area contributed by atoms with E-state index in [2.05, 4.69) is 37.3 Å². The predicted octanol–water partition coefficient (Wildman–Crippen LogP) is 6.71. The lowest BCUT2D eigenvalue weighted by Crippen LogP contribution is -2.22. The maximum atomic E-state index is 6.08. The van der Waals surface area contributed by atoms with Gasteiger partial charge in [0.1, 0.15) is 0 Å². The Kier molecular flexibility index (Phi) is 9.82. The Labute approximate surface area is 147 Å². The molecule has 0 heterocycles. The largest absolute Gasteiger partial charge is 0.378 e. The summed E-state index contributed by atoms with van der Waals surface area (Å²) in [6.07, 6.45) is 13.9. The summed E-state index contributed by atoms with van der Waals surface area (Å²) in [6.45, 7) is 3.26. The van der Waals surface area contributed by atoms with Crippen molar-refractivity contribution in [2.75, 3.05) is 12.4 Å². The molecule has 2 rings (SSSR count). The Balaban J connectivity index is 1.47. The number of rotatable bonds is 11. The van der Waals surface area contributed by atoms with E-state index in [-0.39, 0.29) is 0 Å². The third-order valence-electron chi connectivity index (χ3n) is 4.93. The molecule has 1 aromatic rings. The van der Waals surface area contributed by atoms with Gasteiger partial charge in [-0.25, -0.2) is 0 Å². The molecule has 0 saturated heterocycles. The second kappa shape index (κ2) is 12.0. The fourth-order valence-electron chi connectivity index (χ4n) is 3.40. The molecule has 130 valence electrons. The average Bonchev–Trinajstić information content (AvgIpc) is 2.60. The van der Waals surface area contributed by atoms with E-state index in [4.69, 9.17) is 4.74 Å². The van der Waals surface area contributed by atoms with Gasteiger partial charge in [0, 0.05) is 11.5 Å². The molecule has 0 atom stereocenters. The predicted molar refractivity (Wildman–Crippen MR) is 102 cm³/mol. The zero-order chi connectivity index (χ0) is 16.2. The molecule has 0 bridgehead atoms. The van der Waals surface area contributed by atoms with Gasteiger partial charge in [-0.2, -0.15) is 0 Å². The van der Waals surface area contributed by atoms with Crippen molar-refractivity contribution in [3.8, 4) is 0 Å². The molecule has 1 aromatic carbocycles. The SMILES string of the molecule is CCCCCCCOC1CCC(CCSc2ccccc2)CC1. The number of unbranched alkanes of at least 4 members (excludes halogenated alkanes) is 4. The Morgan fingerprint density at radius 3 is 2.43 bits per heavy atom. The van der Waals surface area contributed by atoms with Crippen molar-refractivity contribution in [1.82, 2.24) is 0 Å². The summed E-state index contributed by atoms with van der Waals surface area (Å²) in [7, 11) is 0. The van der Waals surface area contributed by atoms with Crippen LogP contribution in [0, 0.1) is 5.92 Å². The zero-order valence-electron chi connectivity index (χ0n) is 14.8. The highest BCUT2D eigenvalue weighted by Crippen LogP contribution is 2.30. The van der Waals surface area contributed by atoms with Crippen LogP contribution in [0.25, 0.3) is 0 Å². The first-order valence-electron chi connectivity index (χ1n) is 9.68. The lowest BCUT2D eigenvalue weighted by molar-refractivity contribution is 0.0159. The molecular formula is C21H34OS. The summed E-state index contributed by atoms with van der Waals surface area (Å²) in [4.78, 5) is 1.41. The van der Waals surface area contributed by atoms with E-state index in [9.17, 15) is 0 Å². The molecule has 1 saturated carbocycles. The van der Waals surface area contributed by atoms with Crippen LogP contribution in [0.15, 0.2) is 35.2 Å². The molecule has 0 radical (unpaired) electrons. The average molecular weight is 335 g/mol. The van der Waals surface area contributed by atoms with Crippen LogP contribution in [-0.2, 0) is 4.74 Å². The van der Waals surface area contributed by atoms with Crippen LogP contribution in [0.3, 0.4) is 0 Å². The van der Waals surface area contributed by atoms with Gasteiger partial charge in [0.25, 0.3) is 0 Å². The van der Waals surface area contributed by atoms with E-state index in [1.807, 2.05) is 11.8 Å². The maximum absolute atomic E-state index is 6.08. The second-order valence-electron chi connectivity index (χ2n) is 6.88. The number of hydrogen-bond acceptors (Lipinski definition) is 2. The Hall–Kier alpha value is -0.470. The first kappa shape index (κ1) is 18.9. The Bertz CT molecular complexity index is 384. The minimum Gasteiger partial charge on any atom is -0.378 e. The fourth-order valence-corrected chi connectivity index (χ4v) is 4.44. The van der Waals surface area contributed by atoms with Crippen LogP contribution in [0.4, 0.5) is 0 Å². The van der Waals surface area contributed by atoms with Crippen molar-refractivity contribution in [1.29, 1.82) is 0 Å². The first-order valence-corrected chi connectivity index (χ1v) is 10.7. The number of ether oxygens (including phenoxy) is 1. The summed E-state index contributed by atoms with van der Waals surface area (Å²) in [6, 6.07) is 10.8. The maximum Gasteiger partial charge on any atom is 0.0575 e. The van der Waals surface area contributed by atoms with Crippen LogP contribution in [0.1, 0.15) is 71.1 Å². The van der Waals surface area contributed by atoms with E-state index >= 15 is 0 Å². The summed E-state index contributed by atoms with van der Waals surface area (Å²) in [5.74, 6) is 2.19. The van der Waals surface area contributed by atoms with Crippen molar-refractivity contribution in [3.63, 3.8) is 0 Å². The highest BCUT2D eigenvalue weighted by molar-refractivity contribution is 7.99. The van der Waals surface area contributed by atoms with Crippen LogP contribution in [0.2, 0.25) is 0 Å². The third kappa shape index (κ3) is 8.26. The lowest BCUT2D eigenvalue weighted by atomic mass is 9.86. The standard InChI is InChI=1S/C21H34OS/c1-2-3-4-5-9-17-22-20-14-12-19(13-15-20)16-18-23-21-10-7-6-8-11-21/h6-8,10-11,19-20H,2-5,9,12-18H2,1H3. The molecule has 0 amide bonds. The molecule has 2 heteroatoms. The van der Waals surface area contributed by atoms with Gasteiger partial charge in [-0.05, 0) is 62.3 Å². The van der Waals surface area contributed by atoms with Crippen molar-refractivity contribution in [3.05, 3.63) is 30.3 Å². The normalized spacial score (nSPS) is 21.4. The van der Waals surface area contributed by atoms with Gasteiger partial charge >= 0.3 is 0 Å². The minimum absolute atomic E-state index is 0.555. The molecule has 23 heavy (non-hydrogen) atoms. The van der Waals surface area contributed by atoms with Crippen LogP contribution in [-0.4, -0.2) is 18.5 Å². The second-order valence-corrected chi connectivity index (χ2v) is 8.05. The molecule has 0 spiro atoms. The van der Waals surface area contributed by atoms with E-state index in [0.29, 0.717) is 6.10 Å². The molecular weight excluding hydrogens is 300 g/mol. The number of thioether (sulfide) groups is 1. The summed E-state index contributed by atoms with van der Waals surface area (Å²) in [5.41, 5.74) is 0. The van der Waals surface area contributed by atoms with Gasteiger partial charge in [-0.3, -0.25) is 0 Å². The van der Waals surface area contributed by atoms with E-state index in [1.165, 1.54) is 74.9 Å². The van der Waals surface area contributed by atoms with Crippen molar-refractivity contribution in [2.24, 2.45) is 5.92 Å². The molecule has 1 aliphatic rings. The smallest absolute Gasteiger partial charge is 0.0575 e. The van der Waals surface area contributed by atoms with Crippen molar-refractivity contribution in [2.45, 2.75) is 82.1 Å². The minimum atomic E-state index is 0.555. The number of hydrogen-bond donors (Lipinski definition) is 0. The number of benzene rings is 1. The molecule has 0 aliphatic heterocycles. The van der Waals surface area contributed by atoms with E-state index in [0.717, 1.165) is 12.5 Å². The summed E-state index contributed by atoms with van der Waals surface area (Å²) in [5, 5.41) is 0. The first-order chi connectivity index (χ1) is 11.4. The van der Waals surface area contributed by atoms with E-state index < -0.39 is 0 Å². The van der Waals surface area contributed by atoms with Crippen LogP contribution in [0.5, 0.6) is 0 Å². The monoisotopic (exact) mass is 334 g/mol. The van der Waals surface area contributed by atoms with Crippen molar-refractivity contribution < 1.29 is 4.74 Å². The highest BCUT2D eigenvalue weighted by atomic mass is 32.2. The van der Waals surface area contributed by atoms with Gasteiger partial charge < -0.3 is 4.74 Å². The van der Waals surface area contributed by atoms with Crippen LogP contribution >= 0.6 is 11.8 Å². The third-order valence-corrected chi connectivity index (χ3v) is 5.98. The fraction of sp³-hybridized carbons (Fsp3) is 0.714. The molecule has 0 N–H and O–H groups in total. The van der Waals surface area contributed by atoms with Crippen molar-refractivity contribution >= 4 is 11.8 Å². The molecule has 0 aromatic heterocycles. The van der Waals surface area contributed by atoms with Gasteiger partial charge in [0.2, 0.25) is 0 Å². The summed E-state index contributed by atoms with van der Waals surface area (Å²) >= 11 is 2.01. The van der Waals surface area contributed by atoms with Gasteiger partial charge in [0.15, 0.2) is 0 Å². The van der Waals surface area contributed by atoms with Gasteiger partial charge in [0.05, 0.1) is 6.10 Å². The Morgan fingerprint density at radius 2 is 1.70 bits per heavy atom. The van der Waals surface area contributed by atoms with Gasteiger partial charge in [-0.15, -0.1) is 11.8 Å². The van der Waals surface area contributed by atoms with Crippen LogP contribution < -0.4 is 0 Å². The quantitative estimate of drug-likeness (QED) is 0.328. The summed E-state index contributed by atoms with van der Waals surface area (Å²) < 4.78 is 6.08. The molecule has 0 unspecified atom stereocenters. The zero-order valence-corrected chi connectivity index (χ0v) is 15.7. The highest BCUT2D eigenvalue weighted by Gasteiger charge is 2.21. The Morgan fingerprint density at radius 1 is 0.957 bits per heavy atom. The molecule has 1 nitrogen and oxygen atoms in total. The van der Waals surface area contributed by atoms with E-state index in [1.54, 1.807) is 0 Å². The molecule has 1 aliphatic carbocycles. The lowest BCUT2D eigenvalue weighted by Gasteiger charge is -2.28.